The van der Waals surface area contributed by atoms with Crippen molar-refractivity contribution in [3.63, 3.8) is 0 Å². The van der Waals surface area contributed by atoms with Gasteiger partial charge >= 0.3 is 0 Å². The molecule has 0 radical (unpaired) electrons. The van der Waals surface area contributed by atoms with Gasteiger partial charge in [-0.2, -0.15) is 10.5 Å². The Balaban J connectivity index is 1.11. The van der Waals surface area contributed by atoms with Crippen LogP contribution in [0.15, 0.2) is 194 Å². The lowest BCUT2D eigenvalue weighted by atomic mass is 9.85. The third kappa shape index (κ3) is 7.21. The van der Waals surface area contributed by atoms with E-state index in [1.807, 2.05) is 182 Å². The van der Waals surface area contributed by atoms with Crippen molar-refractivity contribution in [1.82, 2.24) is 29.9 Å². The van der Waals surface area contributed by atoms with Crippen LogP contribution in [-0.2, 0) is 0 Å². The van der Waals surface area contributed by atoms with Crippen LogP contribution in [0.2, 0.25) is 0 Å². The predicted molar refractivity (Wildman–Crippen MR) is 244 cm³/mol. The van der Waals surface area contributed by atoms with Gasteiger partial charge in [-0.1, -0.05) is 182 Å². The Morgan fingerprint density at radius 3 is 1.05 bits per heavy atom. The highest BCUT2D eigenvalue weighted by molar-refractivity contribution is 6.06. The van der Waals surface area contributed by atoms with Gasteiger partial charge in [-0.15, -0.1) is 0 Å². The van der Waals surface area contributed by atoms with E-state index in [0.717, 1.165) is 44.2 Å². The minimum Gasteiger partial charge on any atom is -0.208 e. The summed E-state index contributed by atoms with van der Waals surface area (Å²) in [6.45, 7) is 0. The molecule has 10 aromatic rings. The monoisotopic (exact) mass is 792 g/mol. The molecule has 10 rings (SSSR count). The van der Waals surface area contributed by atoms with Crippen molar-refractivity contribution in [2.45, 2.75) is 0 Å². The van der Waals surface area contributed by atoms with Crippen LogP contribution in [-0.4, -0.2) is 29.9 Å². The van der Waals surface area contributed by atoms with Gasteiger partial charge < -0.3 is 0 Å². The first kappa shape index (κ1) is 37.3. The summed E-state index contributed by atoms with van der Waals surface area (Å²) in [5, 5.41) is 23.6. The number of aromatic nitrogens is 6. The fourth-order valence-electron chi connectivity index (χ4n) is 7.67. The number of hydrogen-bond acceptors (Lipinski definition) is 8. The van der Waals surface area contributed by atoms with Gasteiger partial charge in [0, 0.05) is 44.5 Å². The summed E-state index contributed by atoms with van der Waals surface area (Å²) in [5.74, 6) is 3.03. The minimum atomic E-state index is 0.434. The van der Waals surface area contributed by atoms with E-state index in [2.05, 4.69) is 24.3 Å². The van der Waals surface area contributed by atoms with Crippen LogP contribution in [0.5, 0.6) is 0 Å². The maximum Gasteiger partial charge on any atom is 0.164 e. The number of nitriles is 2. The van der Waals surface area contributed by atoms with Gasteiger partial charge in [0.25, 0.3) is 0 Å². The van der Waals surface area contributed by atoms with E-state index in [1.54, 1.807) is 0 Å². The minimum absolute atomic E-state index is 0.434. The van der Waals surface area contributed by atoms with E-state index in [4.69, 9.17) is 29.9 Å². The smallest absolute Gasteiger partial charge is 0.164 e. The lowest BCUT2D eigenvalue weighted by molar-refractivity contribution is 1.07. The van der Waals surface area contributed by atoms with E-state index < -0.39 is 0 Å². The largest absolute Gasteiger partial charge is 0.208 e. The summed E-state index contributed by atoms with van der Waals surface area (Å²) in [4.78, 5) is 29.3. The molecule has 8 nitrogen and oxygen atoms in total. The van der Waals surface area contributed by atoms with Gasteiger partial charge in [0.15, 0.2) is 34.9 Å². The quantitative estimate of drug-likeness (QED) is 0.149. The molecule has 0 bridgehead atoms. The lowest BCUT2D eigenvalue weighted by Crippen LogP contribution is -2.01. The number of benzene rings is 8. The van der Waals surface area contributed by atoms with Crippen molar-refractivity contribution < 1.29 is 0 Å². The summed E-state index contributed by atoms with van der Waals surface area (Å²) >= 11 is 0. The van der Waals surface area contributed by atoms with Crippen molar-refractivity contribution in [2.24, 2.45) is 0 Å². The molecular formula is C54H32N8. The van der Waals surface area contributed by atoms with Crippen molar-refractivity contribution >= 4 is 10.8 Å². The van der Waals surface area contributed by atoms with Crippen molar-refractivity contribution in [3.8, 4) is 103 Å². The zero-order chi connectivity index (χ0) is 41.8. The Morgan fingerprint density at radius 1 is 0.290 bits per heavy atom. The average Bonchev–Trinajstić information content (AvgIpc) is 3.36. The maximum atomic E-state index is 10.8. The second-order valence-corrected chi connectivity index (χ2v) is 14.5. The molecule has 0 fully saturated rings. The average molecular weight is 793 g/mol. The molecule has 288 valence electrons. The van der Waals surface area contributed by atoms with Gasteiger partial charge in [0.1, 0.15) is 0 Å². The van der Waals surface area contributed by atoms with Gasteiger partial charge in [0.05, 0.1) is 23.3 Å². The third-order valence-corrected chi connectivity index (χ3v) is 10.7. The second-order valence-electron chi connectivity index (χ2n) is 14.5. The van der Waals surface area contributed by atoms with Gasteiger partial charge in [-0.25, -0.2) is 29.9 Å². The van der Waals surface area contributed by atoms with E-state index in [0.29, 0.717) is 68.3 Å². The molecule has 0 aliphatic heterocycles. The fraction of sp³-hybridized carbons (Fsp3) is 0. The molecule has 0 N–H and O–H groups in total. The van der Waals surface area contributed by atoms with Crippen LogP contribution in [0.3, 0.4) is 0 Å². The van der Waals surface area contributed by atoms with Gasteiger partial charge in [-0.05, 0) is 34.0 Å². The zero-order valence-electron chi connectivity index (χ0n) is 33.1. The number of rotatable bonds is 8. The molecule has 0 aliphatic carbocycles. The van der Waals surface area contributed by atoms with E-state index in [-0.39, 0.29) is 0 Å². The fourth-order valence-corrected chi connectivity index (χ4v) is 7.67. The first-order valence-electron chi connectivity index (χ1n) is 20.0. The molecule has 0 spiro atoms. The molecule has 0 saturated carbocycles. The molecule has 8 aromatic carbocycles. The standard InChI is InChI=1S/C54H32N8/c55-33-42-31-40(53-59-49(36-16-5-1-6-17-36)57-50(60-53)37-18-7-2-8-19-37)26-28-44(42)47-30-25-35-15-13-14-24-45(35)48(47)46-29-27-41(32-43(46)34-56)54-61-51(38-20-9-3-10-21-38)58-52(62-54)39-22-11-4-12-23-39/h1-32H. The highest BCUT2D eigenvalue weighted by Gasteiger charge is 2.21. The summed E-state index contributed by atoms with van der Waals surface area (Å²) in [7, 11) is 0. The van der Waals surface area contributed by atoms with Gasteiger partial charge in [-0.3, -0.25) is 0 Å². The molecule has 8 heteroatoms. The number of nitrogens with zero attached hydrogens (tertiary/aromatic N) is 8. The SMILES string of the molecule is N#Cc1cc(-c2nc(-c3ccccc3)nc(-c3ccccc3)n2)ccc1-c1ccc2ccccc2c1-c1ccc(-c2nc(-c3ccccc3)nc(-c3ccccc3)n2)cc1C#N. The van der Waals surface area contributed by atoms with Crippen molar-refractivity contribution in [3.05, 3.63) is 205 Å². The molecule has 0 aliphatic rings. The predicted octanol–water partition coefficient (Wildman–Crippen LogP) is 12.3. The Labute approximate surface area is 357 Å². The molecule has 62 heavy (non-hydrogen) atoms. The lowest BCUT2D eigenvalue weighted by Gasteiger charge is -2.17. The van der Waals surface area contributed by atoms with E-state index >= 15 is 0 Å². The zero-order valence-corrected chi connectivity index (χ0v) is 33.1. The van der Waals surface area contributed by atoms with Crippen molar-refractivity contribution in [1.29, 1.82) is 10.5 Å². The Bertz CT molecular complexity index is 3240. The molecule has 0 amide bonds. The summed E-state index contributed by atoms with van der Waals surface area (Å²) < 4.78 is 0. The third-order valence-electron chi connectivity index (χ3n) is 10.7. The highest BCUT2D eigenvalue weighted by Crippen LogP contribution is 2.42. The van der Waals surface area contributed by atoms with Crippen LogP contribution in [0.1, 0.15) is 11.1 Å². The molecule has 0 saturated heterocycles. The second kappa shape index (κ2) is 16.3. The normalized spacial score (nSPS) is 10.9. The topological polar surface area (TPSA) is 125 Å². The summed E-state index contributed by atoms with van der Waals surface area (Å²) in [6, 6.07) is 67.7. The first-order valence-corrected chi connectivity index (χ1v) is 20.0. The van der Waals surface area contributed by atoms with Crippen LogP contribution in [0, 0.1) is 22.7 Å². The maximum absolute atomic E-state index is 10.8. The van der Waals surface area contributed by atoms with Crippen LogP contribution >= 0.6 is 0 Å². The van der Waals surface area contributed by atoms with Gasteiger partial charge in [0.2, 0.25) is 0 Å². The Hall–Kier alpha value is -8.98. The number of hydrogen-bond donors (Lipinski definition) is 0. The van der Waals surface area contributed by atoms with E-state index in [9.17, 15) is 10.5 Å². The molecule has 2 aromatic heterocycles. The molecular weight excluding hydrogens is 761 g/mol. The summed E-state index contributed by atoms with van der Waals surface area (Å²) in [5.41, 5.74) is 8.71. The van der Waals surface area contributed by atoms with Crippen LogP contribution in [0.4, 0.5) is 0 Å². The Morgan fingerprint density at radius 2 is 0.629 bits per heavy atom. The van der Waals surface area contributed by atoms with Crippen molar-refractivity contribution in [2.75, 3.05) is 0 Å². The summed E-state index contributed by atoms with van der Waals surface area (Å²) in [6.07, 6.45) is 0. The van der Waals surface area contributed by atoms with E-state index in [1.165, 1.54) is 0 Å². The molecule has 2 heterocycles. The number of fused-ring (bicyclic) bond motifs is 1. The van der Waals surface area contributed by atoms with Crippen LogP contribution < -0.4 is 0 Å². The Kier molecular flexibility index (Phi) is 9.83. The first-order chi connectivity index (χ1) is 30.6. The van der Waals surface area contributed by atoms with Crippen LogP contribution in [0.25, 0.3) is 101 Å². The highest BCUT2D eigenvalue weighted by atomic mass is 15.0. The molecule has 0 unspecified atom stereocenters. The molecule has 0 atom stereocenters.